The minimum absolute atomic E-state index is 0.147. The van der Waals surface area contributed by atoms with Crippen molar-refractivity contribution in [3.8, 4) is 67.5 Å². The van der Waals surface area contributed by atoms with E-state index in [2.05, 4.69) is 108 Å². The summed E-state index contributed by atoms with van der Waals surface area (Å²) in [6, 6.07) is 108. The van der Waals surface area contributed by atoms with E-state index in [4.69, 9.17) is 9.47 Å². The lowest BCUT2D eigenvalue weighted by molar-refractivity contribution is 0.481. The van der Waals surface area contributed by atoms with Gasteiger partial charge in [0.2, 0.25) is 0 Å². The maximum atomic E-state index is 17.5. The fourth-order valence-electron chi connectivity index (χ4n) is 18.6. The van der Waals surface area contributed by atoms with Gasteiger partial charge in [0, 0.05) is 45.3 Å². The standard InChI is InChI=1S/C103H64F6N2O2/c1-3-63-27-47-75(48-28-63)112-77-51-31-65(32-52-77)101(99-95(106)23-13-24-96(99)107)87-19-9-5-15-79(87)83-55-43-71(59-91(83)101)110(69-39-35-67(104)36-40-69)73-45-57-85-81-17-7-11-21-89(81)103(93(85)61-73)90-22-12-8-18-82(90)86-58-46-74(62-94(86)103)111(70-41-37-68(105)38-42-70)72-44-56-84-80-16-6-10-20-88(80)102(92(84)60-72,100-97(108)25-14-26-98(100)109)66-33-53-78(54-34-66)113-76-49-29-64(4-2)30-50-76/h3-62H,1-2H2. The van der Waals surface area contributed by atoms with Gasteiger partial charge in [-0.3, -0.25) is 0 Å². The van der Waals surface area contributed by atoms with Crippen molar-refractivity contribution in [2.45, 2.75) is 16.2 Å². The summed E-state index contributed by atoms with van der Waals surface area (Å²) in [5.74, 6) is -1.55. The lowest BCUT2D eigenvalue weighted by atomic mass is 9.67. The Morgan fingerprint density at radius 2 is 0.478 bits per heavy atom. The fraction of sp³-hybridized carbons (Fsp3) is 0.0291. The molecule has 0 saturated heterocycles. The van der Waals surface area contributed by atoms with E-state index in [0.717, 1.165) is 77.9 Å². The van der Waals surface area contributed by atoms with Crippen molar-refractivity contribution in [3.63, 3.8) is 0 Å². The third-order valence-electron chi connectivity index (χ3n) is 23.3. The summed E-state index contributed by atoms with van der Waals surface area (Å²) in [5, 5.41) is 0. The molecule has 540 valence electrons. The molecule has 10 heteroatoms. The molecular formula is C103H64F6N2O2. The molecule has 1 spiro atoms. The number of fused-ring (bicyclic) bond motifs is 16. The molecule has 0 aromatic heterocycles. The van der Waals surface area contributed by atoms with Gasteiger partial charge in [-0.2, -0.15) is 0 Å². The van der Waals surface area contributed by atoms with Crippen molar-refractivity contribution >= 4 is 46.3 Å². The number of anilines is 6. The van der Waals surface area contributed by atoms with Crippen LogP contribution in [0.4, 0.5) is 60.5 Å². The zero-order valence-electron chi connectivity index (χ0n) is 60.5. The number of halogens is 6. The van der Waals surface area contributed by atoms with E-state index in [9.17, 15) is 0 Å². The summed E-state index contributed by atoms with van der Waals surface area (Å²) in [7, 11) is 0. The minimum atomic E-state index is -1.58. The van der Waals surface area contributed by atoms with E-state index < -0.39 is 51.1 Å². The van der Waals surface area contributed by atoms with Gasteiger partial charge >= 0.3 is 0 Å². The average molecular weight is 1480 g/mol. The first kappa shape index (κ1) is 68.1. The average Bonchev–Trinajstić information content (AvgIpc) is 1.51. The van der Waals surface area contributed by atoms with E-state index >= 15 is 26.3 Å². The molecule has 0 bridgehead atoms. The highest BCUT2D eigenvalue weighted by molar-refractivity contribution is 5.99. The highest BCUT2D eigenvalue weighted by Crippen LogP contribution is 2.66. The van der Waals surface area contributed by atoms with Gasteiger partial charge in [0.15, 0.2) is 0 Å². The molecular weight excluding hydrogens is 1410 g/mol. The second-order valence-electron chi connectivity index (χ2n) is 29.0. The molecule has 0 saturated carbocycles. The number of benzene rings is 16. The maximum absolute atomic E-state index is 17.5. The molecule has 2 atom stereocenters. The minimum Gasteiger partial charge on any atom is -0.457 e. The Morgan fingerprint density at radius 1 is 0.230 bits per heavy atom. The number of hydrogen-bond acceptors (Lipinski definition) is 4. The van der Waals surface area contributed by atoms with Crippen molar-refractivity contribution in [3.05, 3.63) is 478 Å². The van der Waals surface area contributed by atoms with Crippen molar-refractivity contribution in [2.24, 2.45) is 0 Å². The molecule has 2 unspecified atom stereocenters. The molecule has 0 aliphatic heterocycles. The SMILES string of the molecule is C=Cc1ccc(Oc2ccc(C3(c4c(F)cccc4F)c4ccccc4-c4ccc(N(c5ccc(F)cc5)c5ccc6c(c5)C5(c7ccccc7-6)c6ccccc6-c6ccc(N(c7ccc(F)cc7)c7ccc8c(c7)C(c7ccc(Oc9ccc(C=C)cc9)cc7)(c7c(F)cccc7F)c7ccccc7-8)cc65)cc43)cc2)cc1. The predicted molar refractivity (Wildman–Crippen MR) is 440 cm³/mol. The molecule has 0 radical (unpaired) electrons. The van der Waals surface area contributed by atoms with Crippen LogP contribution in [0.25, 0.3) is 56.7 Å². The van der Waals surface area contributed by atoms with Gasteiger partial charge in [-0.05, 0) is 281 Å². The molecule has 0 N–H and O–H groups in total. The van der Waals surface area contributed by atoms with Crippen LogP contribution in [0.1, 0.15) is 77.9 Å². The lowest BCUT2D eigenvalue weighted by Crippen LogP contribution is -2.31. The summed E-state index contributed by atoms with van der Waals surface area (Å²) in [6.45, 7) is 7.78. The van der Waals surface area contributed by atoms with Crippen LogP contribution in [-0.4, -0.2) is 0 Å². The first-order chi connectivity index (χ1) is 55.4. The highest BCUT2D eigenvalue weighted by Gasteiger charge is 2.54. The van der Waals surface area contributed by atoms with Gasteiger partial charge in [-0.25, -0.2) is 26.3 Å². The zero-order valence-corrected chi connectivity index (χ0v) is 60.5. The highest BCUT2D eigenvalue weighted by atomic mass is 19.2. The summed E-state index contributed by atoms with van der Waals surface area (Å²) >= 11 is 0. The van der Waals surface area contributed by atoms with Crippen LogP contribution in [0, 0.1) is 34.9 Å². The number of rotatable bonds is 16. The molecule has 4 aliphatic carbocycles. The second-order valence-corrected chi connectivity index (χ2v) is 29.0. The van der Waals surface area contributed by atoms with Crippen LogP contribution >= 0.6 is 0 Å². The Kier molecular flexibility index (Phi) is 16.0. The van der Waals surface area contributed by atoms with Gasteiger partial charge < -0.3 is 19.3 Å². The molecule has 16 aromatic carbocycles. The third kappa shape index (κ3) is 10.4. The lowest BCUT2D eigenvalue weighted by Gasteiger charge is -2.36. The van der Waals surface area contributed by atoms with Gasteiger partial charge in [0.1, 0.15) is 57.9 Å². The van der Waals surface area contributed by atoms with Crippen molar-refractivity contribution in [1.29, 1.82) is 0 Å². The topological polar surface area (TPSA) is 24.9 Å². The van der Waals surface area contributed by atoms with Crippen molar-refractivity contribution < 1.29 is 35.8 Å². The van der Waals surface area contributed by atoms with E-state index in [1.807, 2.05) is 182 Å². The van der Waals surface area contributed by atoms with E-state index in [1.54, 1.807) is 36.4 Å². The molecule has 0 fully saturated rings. The van der Waals surface area contributed by atoms with Crippen LogP contribution in [-0.2, 0) is 16.2 Å². The Labute approximate surface area is 649 Å². The molecule has 113 heavy (non-hydrogen) atoms. The van der Waals surface area contributed by atoms with Gasteiger partial charge in [0.05, 0.1) is 16.2 Å². The Bertz CT molecular complexity index is 6120. The Balaban J connectivity index is 0.772. The van der Waals surface area contributed by atoms with E-state index in [0.29, 0.717) is 90.5 Å². The molecule has 0 amide bonds. The summed E-state index contributed by atoms with van der Waals surface area (Å²) in [6.07, 6.45) is 3.52. The van der Waals surface area contributed by atoms with Crippen molar-refractivity contribution in [1.82, 2.24) is 0 Å². The van der Waals surface area contributed by atoms with E-state index in [1.165, 1.54) is 60.7 Å². The quantitative estimate of drug-likeness (QED) is 0.0900. The summed E-state index contributed by atoms with van der Waals surface area (Å²) < 4.78 is 114. The third-order valence-corrected chi connectivity index (χ3v) is 23.3. The molecule has 4 aliphatic rings. The molecule has 20 rings (SSSR count). The van der Waals surface area contributed by atoms with E-state index in [-0.39, 0.29) is 11.1 Å². The van der Waals surface area contributed by atoms with Crippen LogP contribution in [0.15, 0.2) is 365 Å². The maximum Gasteiger partial charge on any atom is 0.130 e. The van der Waals surface area contributed by atoms with Crippen LogP contribution in [0.2, 0.25) is 0 Å². The molecule has 16 aromatic rings. The normalized spacial score (nSPS) is 16.1. The predicted octanol–water partition coefficient (Wildman–Crippen LogP) is 27.4. The number of nitrogens with zero attached hydrogens (tertiary/aromatic N) is 2. The van der Waals surface area contributed by atoms with Crippen molar-refractivity contribution in [2.75, 3.05) is 9.80 Å². The van der Waals surface area contributed by atoms with Crippen LogP contribution in [0.3, 0.4) is 0 Å². The smallest absolute Gasteiger partial charge is 0.130 e. The van der Waals surface area contributed by atoms with Gasteiger partial charge in [-0.1, -0.05) is 207 Å². The second kappa shape index (κ2) is 26.5. The number of ether oxygens (including phenoxy) is 2. The summed E-state index contributed by atoms with van der Waals surface area (Å²) in [5.41, 5.74) is 16.1. The first-order valence-corrected chi connectivity index (χ1v) is 37.4. The Morgan fingerprint density at radius 3 is 0.770 bits per heavy atom. The summed E-state index contributed by atoms with van der Waals surface area (Å²) in [4.78, 5) is 4.16. The fourth-order valence-corrected chi connectivity index (χ4v) is 18.6. The van der Waals surface area contributed by atoms with Gasteiger partial charge in [-0.15, -0.1) is 0 Å². The van der Waals surface area contributed by atoms with Crippen LogP contribution < -0.4 is 19.3 Å². The monoisotopic (exact) mass is 1470 g/mol. The largest absolute Gasteiger partial charge is 0.457 e. The Hall–Kier alpha value is -14.2. The van der Waals surface area contributed by atoms with Crippen LogP contribution in [0.5, 0.6) is 23.0 Å². The van der Waals surface area contributed by atoms with Gasteiger partial charge in [0.25, 0.3) is 0 Å². The number of hydrogen-bond donors (Lipinski definition) is 0. The zero-order chi connectivity index (χ0) is 76.4. The first-order valence-electron chi connectivity index (χ1n) is 37.4. The molecule has 4 nitrogen and oxygen atoms in total. The molecule has 0 heterocycles.